The van der Waals surface area contributed by atoms with Gasteiger partial charge in [0.2, 0.25) is 5.91 Å². The molecule has 0 saturated heterocycles. The van der Waals surface area contributed by atoms with Crippen molar-refractivity contribution in [3.63, 3.8) is 0 Å². The van der Waals surface area contributed by atoms with Crippen molar-refractivity contribution in [1.82, 2.24) is 14.7 Å². The van der Waals surface area contributed by atoms with E-state index in [1.807, 2.05) is 67.4 Å². The summed E-state index contributed by atoms with van der Waals surface area (Å²) in [6.45, 7) is 2.65. The fourth-order valence-electron chi connectivity index (χ4n) is 3.00. The predicted octanol–water partition coefficient (Wildman–Crippen LogP) is 3.91. The van der Waals surface area contributed by atoms with Crippen LogP contribution in [0.2, 0.25) is 5.02 Å². The number of anilines is 1. The summed E-state index contributed by atoms with van der Waals surface area (Å²) in [4.78, 5) is 14.5. The molecule has 0 atom stereocenters. The highest BCUT2D eigenvalue weighted by atomic mass is 35.5. The van der Waals surface area contributed by atoms with Gasteiger partial charge >= 0.3 is 0 Å². The zero-order chi connectivity index (χ0) is 20.1. The molecule has 1 N–H and O–H groups in total. The fourth-order valence-corrected chi connectivity index (χ4v) is 3.19. The molecule has 3 aromatic rings. The minimum absolute atomic E-state index is 0.124. The average molecular weight is 399 g/mol. The Hall–Kier alpha value is -2.83. The first-order chi connectivity index (χ1) is 13.5. The van der Waals surface area contributed by atoms with Gasteiger partial charge in [-0.25, -0.2) is 4.68 Å². The van der Waals surface area contributed by atoms with Gasteiger partial charge in [-0.3, -0.25) is 9.69 Å². The van der Waals surface area contributed by atoms with E-state index in [0.29, 0.717) is 17.4 Å². The van der Waals surface area contributed by atoms with Gasteiger partial charge in [0.05, 0.1) is 25.0 Å². The Kier molecular flexibility index (Phi) is 6.34. The lowest BCUT2D eigenvalue weighted by Gasteiger charge is -2.18. The van der Waals surface area contributed by atoms with Crippen LogP contribution in [0, 0.1) is 6.92 Å². The molecule has 3 rings (SSSR count). The number of methoxy groups -OCH3 is 1. The number of nitrogens with one attached hydrogen (secondary N) is 1. The van der Waals surface area contributed by atoms with Crippen LogP contribution in [-0.2, 0) is 11.3 Å². The van der Waals surface area contributed by atoms with Crippen molar-refractivity contribution in [2.24, 2.45) is 0 Å². The second kappa shape index (κ2) is 8.91. The topological polar surface area (TPSA) is 59.4 Å². The molecule has 1 heterocycles. The number of ether oxygens (including phenoxy) is 1. The lowest BCUT2D eigenvalue weighted by atomic mass is 10.2. The number of likely N-dealkylation sites (N-methyl/N-ethyl adjacent to an activating group) is 1. The molecule has 0 radical (unpaired) electrons. The Labute approximate surface area is 169 Å². The normalized spacial score (nSPS) is 10.9. The van der Waals surface area contributed by atoms with Crippen LogP contribution in [0.1, 0.15) is 11.3 Å². The molecule has 0 saturated carbocycles. The SMILES string of the molecule is COc1ccc(Cl)cc1CN(C)CC(=O)Nc1cc(C)nn1-c1ccccc1. The smallest absolute Gasteiger partial charge is 0.239 e. The molecule has 6 nitrogen and oxygen atoms in total. The van der Waals surface area contributed by atoms with E-state index in [4.69, 9.17) is 16.3 Å². The number of aryl methyl sites for hydroxylation is 1. The van der Waals surface area contributed by atoms with Crippen LogP contribution in [0.5, 0.6) is 5.75 Å². The number of halogens is 1. The van der Waals surface area contributed by atoms with Gasteiger partial charge in [0.1, 0.15) is 11.6 Å². The Morgan fingerprint density at radius 3 is 2.68 bits per heavy atom. The molecular formula is C21H23ClN4O2. The Morgan fingerprint density at radius 2 is 1.96 bits per heavy atom. The van der Waals surface area contributed by atoms with Crippen molar-refractivity contribution in [2.75, 3.05) is 26.0 Å². The summed E-state index contributed by atoms with van der Waals surface area (Å²) in [6, 6.07) is 17.0. The van der Waals surface area contributed by atoms with Crippen molar-refractivity contribution in [3.05, 3.63) is 70.9 Å². The first-order valence-corrected chi connectivity index (χ1v) is 9.27. The van der Waals surface area contributed by atoms with Gasteiger partial charge < -0.3 is 10.1 Å². The number of aromatic nitrogens is 2. The molecule has 0 aliphatic carbocycles. The highest BCUT2D eigenvalue weighted by Crippen LogP contribution is 2.24. The molecule has 0 unspecified atom stereocenters. The molecule has 0 aliphatic rings. The van der Waals surface area contributed by atoms with E-state index in [1.165, 1.54) is 0 Å². The number of hydrogen-bond donors (Lipinski definition) is 1. The second-order valence-corrected chi connectivity index (χ2v) is 7.03. The van der Waals surface area contributed by atoms with Gasteiger partial charge in [0.25, 0.3) is 0 Å². The summed E-state index contributed by atoms with van der Waals surface area (Å²) in [7, 11) is 3.49. The first-order valence-electron chi connectivity index (χ1n) is 8.89. The van der Waals surface area contributed by atoms with Crippen molar-refractivity contribution < 1.29 is 9.53 Å². The van der Waals surface area contributed by atoms with E-state index in [-0.39, 0.29) is 12.5 Å². The summed E-state index contributed by atoms with van der Waals surface area (Å²) in [5.74, 6) is 1.26. The number of amides is 1. The van der Waals surface area contributed by atoms with Crippen molar-refractivity contribution >= 4 is 23.3 Å². The highest BCUT2D eigenvalue weighted by Gasteiger charge is 2.14. The molecule has 1 aromatic heterocycles. The molecular weight excluding hydrogens is 376 g/mol. The average Bonchev–Trinajstić information content (AvgIpc) is 3.02. The minimum atomic E-state index is -0.124. The lowest BCUT2D eigenvalue weighted by Crippen LogP contribution is -2.30. The van der Waals surface area contributed by atoms with Crippen LogP contribution in [0.4, 0.5) is 5.82 Å². The van der Waals surface area contributed by atoms with E-state index >= 15 is 0 Å². The van der Waals surface area contributed by atoms with Gasteiger partial charge in [-0.2, -0.15) is 5.10 Å². The molecule has 0 bridgehead atoms. The van der Waals surface area contributed by atoms with Gasteiger partial charge in [-0.1, -0.05) is 29.8 Å². The number of para-hydroxylation sites is 1. The number of hydrogen-bond acceptors (Lipinski definition) is 4. The zero-order valence-electron chi connectivity index (χ0n) is 16.1. The van der Waals surface area contributed by atoms with Crippen LogP contribution in [-0.4, -0.2) is 41.3 Å². The highest BCUT2D eigenvalue weighted by molar-refractivity contribution is 6.30. The lowest BCUT2D eigenvalue weighted by molar-refractivity contribution is -0.117. The minimum Gasteiger partial charge on any atom is -0.496 e. The Balaban J connectivity index is 1.67. The third-order valence-corrected chi connectivity index (χ3v) is 4.43. The molecule has 7 heteroatoms. The van der Waals surface area contributed by atoms with Crippen molar-refractivity contribution in [3.8, 4) is 11.4 Å². The third kappa shape index (κ3) is 4.91. The van der Waals surface area contributed by atoms with Crippen LogP contribution < -0.4 is 10.1 Å². The van der Waals surface area contributed by atoms with Crippen LogP contribution in [0.15, 0.2) is 54.6 Å². The summed E-state index contributed by atoms with van der Waals surface area (Å²) in [5.41, 5.74) is 2.65. The standard InChI is InChI=1S/C21H23ClN4O2/c1-15-11-20(26(24-15)18-7-5-4-6-8-18)23-21(27)14-25(2)13-16-12-17(22)9-10-19(16)28-3/h4-12H,13-14H2,1-3H3,(H,23,27). The van der Waals surface area contributed by atoms with Crippen LogP contribution >= 0.6 is 11.6 Å². The summed E-state index contributed by atoms with van der Waals surface area (Å²) in [5, 5.41) is 8.05. The number of nitrogens with zero attached hydrogens (tertiary/aromatic N) is 3. The molecule has 1 amide bonds. The third-order valence-electron chi connectivity index (χ3n) is 4.20. The van der Waals surface area contributed by atoms with Gasteiger partial charge in [-0.05, 0) is 44.3 Å². The van der Waals surface area contributed by atoms with Crippen LogP contribution in [0.3, 0.4) is 0 Å². The van der Waals surface area contributed by atoms with Gasteiger partial charge in [0.15, 0.2) is 0 Å². The quantitative estimate of drug-likeness (QED) is 0.655. The molecule has 28 heavy (non-hydrogen) atoms. The molecule has 2 aromatic carbocycles. The predicted molar refractivity (Wildman–Crippen MR) is 111 cm³/mol. The van der Waals surface area contributed by atoms with Crippen molar-refractivity contribution in [2.45, 2.75) is 13.5 Å². The molecule has 0 aliphatic heterocycles. The maximum atomic E-state index is 12.6. The number of rotatable bonds is 7. The molecule has 146 valence electrons. The fraction of sp³-hybridized carbons (Fsp3) is 0.238. The van der Waals surface area contributed by atoms with Gasteiger partial charge in [-0.15, -0.1) is 0 Å². The van der Waals surface area contributed by atoms with Crippen molar-refractivity contribution in [1.29, 1.82) is 0 Å². The summed E-state index contributed by atoms with van der Waals surface area (Å²) < 4.78 is 7.10. The monoisotopic (exact) mass is 398 g/mol. The Bertz CT molecular complexity index is 956. The maximum absolute atomic E-state index is 12.6. The first kappa shape index (κ1) is 19.9. The second-order valence-electron chi connectivity index (χ2n) is 6.59. The van der Waals surface area contributed by atoms with E-state index in [0.717, 1.165) is 22.7 Å². The largest absolute Gasteiger partial charge is 0.496 e. The summed E-state index contributed by atoms with van der Waals surface area (Å²) in [6.07, 6.45) is 0. The van der Waals surface area contributed by atoms with E-state index in [2.05, 4.69) is 10.4 Å². The number of benzene rings is 2. The molecule has 0 spiro atoms. The number of carbonyl (C=O) groups excluding carboxylic acids is 1. The van der Waals surface area contributed by atoms with E-state index in [9.17, 15) is 4.79 Å². The zero-order valence-corrected chi connectivity index (χ0v) is 16.9. The number of carbonyl (C=O) groups is 1. The van der Waals surface area contributed by atoms with E-state index in [1.54, 1.807) is 17.9 Å². The molecule has 0 fully saturated rings. The maximum Gasteiger partial charge on any atom is 0.239 e. The van der Waals surface area contributed by atoms with E-state index < -0.39 is 0 Å². The Morgan fingerprint density at radius 1 is 1.21 bits per heavy atom. The van der Waals surface area contributed by atoms with Gasteiger partial charge in [0, 0.05) is 23.2 Å². The van der Waals surface area contributed by atoms with Crippen LogP contribution in [0.25, 0.3) is 5.69 Å². The summed E-state index contributed by atoms with van der Waals surface area (Å²) >= 11 is 6.09.